The Hall–Kier alpha value is -1.43. The van der Waals surface area contributed by atoms with Gasteiger partial charge in [-0.1, -0.05) is 32.3 Å². The summed E-state index contributed by atoms with van der Waals surface area (Å²) in [7, 11) is 0. The number of likely N-dealkylation sites (tertiary alicyclic amines) is 1. The standard InChI is InChI=1S/C17H30N4O2/c1-5-8-15-19-17(23-20-15)12(4)18-14-9-10-21(16(22)7-3)11-13(14)6-2/h12-14,18H,5-11H2,1-4H3/t12-,13-,14+/m0/s1. The van der Waals surface area contributed by atoms with E-state index in [1.165, 1.54) is 0 Å². The van der Waals surface area contributed by atoms with E-state index in [-0.39, 0.29) is 11.9 Å². The van der Waals surface area contributed by atoms with Gasteiger partial charge in [-0.3, -0.25) is 4.79 Å². The van der Waals surface area contributed by atoms with E-state index in [4.69, 9.17) is 4.52 Å². The molecule has 0 radical (unpaired) electrons. The average Bonchev–Trinajstić information content (AvgIpc) is 3.03. The lowest BCUT2D eigenvalue weighted by Gasteiger charge is -2.39. The Morgan fingerprint density at radius 3 is 2.87 bits per heavy atom. The third-order valence-corrected chi connectivity index (χ3v) is 4.71. The summed E-state index contributed by atoms with van der Waals surface area (Å²) in [6.07, 6.45) is 4.49. The van der Waals surface area contributed by atoms with Crippen LogP contribution in [0.2, 0.25) is 0 Å². The monoisotopic (exact) mass is 322 g/mol. The quantitative estimate of drug-likeness (QED) is 0.835. The molecule has 0 bridgehead atoms. The van der Waals surface area contributed by atoms with Gasteiger partial charge < -0.3 is 14.7 Å². The first-order valence-electron chi connectivity index (χ1n) is 8.95. The number of piperidine rings is 1. The van der Waals surface area contributed by atoms with Gasteiger partial charge >= 0.3 is 0 Å². The first-order chi connectivity index (χ1) is 11.1. The highest BCUT2D eigenvalue weighted by Crippen LogP contribution is 2.23. The molecule has 2 rings (SSSR count). The first-order valence-corrected chi connectivity index (χ1v) is 8.95. The fraction of sp³-hybridized carbons (Fsp3) is 0.824. The van der Waals surface area contributed by atoms with Crippen molar-refractivity contribution in [3.05, 3.63) is 11.7 Å². The zero-order valence-corrected chi connectivity index (χ0v) is 14.8. The van der Waals surface area contributed by atoms with Gasteiger partial charge in [-0.05, 0) is 25.7 Å². The van der Waals surface area contributed by atoms with Crippen LogP contribution in [0.4, 0.5) is 0 Å². The normalized spacial score (nSPS) is 23.0. The van der Waals surface area contributed by atoms with E-state index in [2.05, 4.69) is 36.2 Å². The molecule has 0 aromatic carbocycles. The van der Waals surface area contributed by atoms with Gasteiger partial charge in [0.05, 0.1) is 6.04 Å². The second-order valence-corrected chi connectivity index (χ2v) is 6.44. The minimum Gasteiger partial charge on any atom is -0.342 e. The molecule has 1 saturated heterocycles. The molecule has 0 spiro atoms. The van der Waals surface area contributed by atoms with E-state index >= 15 is 0 Å². The summed E-state index contributed by atoms with van der Waals surface area (Å²) in [6.45, 7) is 9.97. The number of amides is 1. The molecule has 6 nitrogen and oxygen atoms in total. The Morgan fingerprint density at radius 1 is 1.43 bits per heavy atom. The lowest BCUT2D eigenvalue weighted by molar-refractivity contribution is -0.133. The van der Waals surface area contributed by atoms with Gasteiger partial charge in [0.2, 0.25) is 11.8 Å². The smallest absolute Gasteiger partial charge is 0.243 e. The van der Waals surface area contributed by atoms with Crippen LogP contribution in [-0.4, -0.2) is 40.1 Å². The highest BCUT2D eigenvalue weighted by molar-refractivity contribution is 5.75. The van der Waals surface area contributed by atoms with Crippen molar-refractivity contribution in [3.8, 4) is 0 Å². The van der Waals surface area contributed by atoms with Crippen LogP contribution in [0.15, 0.2) is 4.52 Å². The van der Waals surface area contributed by atoms with Crippen LogP contribution in [0.1, 0.15) is 71.1 Å². The Bertz CT molecular complexity index is 503. The van der Waals surface area contributed by atoms with Crippen molar-refractivity contribution in [2.45, 2.75) is 71.9 Å². The SMILES string of the molecule is CCCc1noc([C@H](C)N[C@@H]2CCN(C(=O)CC)C[C@@H]2CC)n1. The number of carbonyl (C=O) groups excluding carboxylic acids is 1. The van der Waals surface area contributed by atoms with Crippen molar-refractivity contribution >= 4 is 5.91 Å². The minimum atomic E-state index is 0.0422. The van der Waals surface area contributed by atoms with Crippen LogP contribution in [0.5, 0.6) is 0 Å². The van der Waals surface area contributed by atoms with Gasteiger partial charge in [0.1, 0.15) is 0 Å². The van der Waals surface area contributed by atoms with Crippen LogP contribution in [0.3, 0.4) is 0 Å². The molecule has 1 aromatic rings. The fourth-order valence-electron chi connectivity index (χ4n) is 3.28. The molecule has 1 aliphatic rings. The average molecular weight is 322 g/mol. The van der Waals surface area contributed by atoms with Crippen LogP contribution >= 0.6 is 0 Å². The van der Waals surface area contributed by atoms with Crippen LogP contribution in [0.25, 0.3) is 0 Å². The third-order valence-electron chi connectivity index (χ3n) is 4.71. The molecule has 2 heterocycles. The van der Waals surface area contributed by atoms with Crippen molar-refractivity contribution in [2.24, 2.45) is 5.92 Å². The van der Waals surface area contributed by atoms with E-state index in [9.17, 15) is 4.79 Å². The molecule has 1 aliphatic heterocycles. The first kappa shape index (κ1) is 17.9. The van der Waals surface area contributed by atoms with Crippen molar-refractivity contribution < 1.29 is 9.32 Å². The number of aryl methyl sites for hydroxylation is 1. The maximum atomic E-state index is 11.9. The van der Waals surface area contributed by atoms with Gasteiger partial charge in [-0.15, -0.1) is 0 Å². The highest BCUT2D eigenvalue weighted by Gasteiger charge is 2.31. The molecule has 0 aliphatic carbocycles. The van der Waals surface area contributed by atoms with Gasteiger partial charge in [0, 0.05) is 32.0 Å². The Morgan fingerprint density at radius 2 is 2.22 bits per heavy atom. The number of carbonyl (C=O) groups is 1. The Labute approximate surface area is 139 Å². The summed E-state index contributed by atoms with van der Waals surface area (Å²) in [4.78, 5) is 18.4. The third kappa shape index (κ3) is 4.53. The Kier molecular flexibility index (Phi) is 6.57. The molecular weight excluding hydrogens is 292 g/mol. The highest BCUT2D eigenvalue weighted by atomic mass is 16.5. The van der Waals surface area contributed by atoms with Crippen molar-refractivity contribution in [3.63, 3.8) is 0 Å². The zero-order chi connectivity index (χ0) is 16.8. The second-order valence-electron chi connectivity index (χ2n) is 6.44. The molecule has 6 heteroatoms. The molecule has 23 heavy (non-hydrogen) atoms. The summed E-state index contributed by atoms with van der Waals surface area (Å²) in [5.74, 6) is 2.18. The molecule has 0 unspecified atom stereocenters. The van der Waals surface area contributed by atoms with E-state index in [1.807, 2.05) is 11.8 Å². The minimum absolute atomic E-state index is 0.0422. The molecule has 0 saturated carbocycles. The summed E-state index contributed by atoms with van der Waals surface area (Å²) < 4.78 is 5.38. The molecule has 3 atom stereocenters. The van der Waals surface area contributed by atoms with Crippen LogP contribution in [-0.2, 0) is 11.2 Å². The number of aromatic nitrogens is 2. The number of hydrogen-bond acceptors (Lipinski definition) is 5. The summed E-state index contributed by atoms with van der Waals surface area (Å²) in [6, 6.07) is 0.429. The number of hydrogen-bond donors (Lipinski definition) is 1. The number of nitrogens with one attached hydrogen (secondary N) is 1. The van der Waals surface area contributed by atoms with E-state index < -0.39 is 0 Å². The topological polar surface area (TPSA) is 71.3 Å². The maximum Gasteiger partial charge on any atom is 0.243 e. The predicted octanol–water partition coefficient (Wildman–Crippen LogP) is 2.71. The van der Waals surface area contributed by atoms with Crippen molar-refractivity contribution in [1.29, 1.82) is 0 Å². The van der Waals surface area contributed by atoms with Crippen LogP contribution < -0.4 is 5.32 Å². The second kappa shape index (κ2) is 8.43. The Balaban J connectivity index is 1.94. The van der Waals surface area contributed by atoms with Gasteiger partial charge in [0.25, 0.3) is 0 Å². The van der Waals surface area contributed by atoms with E-state index in [0.717, 1.165) is 44.6 Å². The predicted molar refractivity (Wildman–Crippen MR) is 88.9 cm³/mol. The van der Waals surface area contributed by atoms with E-state index in [0.29, 0.717) is 24.3 Å². The molecule has 1 amide bonds. The van der Waals surface area contributed by atoms with Crippen molar-refractivity contribution in [2.75, 3.05) is 13.1 Å². The molecule has 1 aromatic heterocycles. The lowest BCUT2D eigenvalue weighted by Crippen LogP contribution is -2.51. The largest absolute Gasteiger partial charge is 0.342 e. The summed E-state index contributed by atoms with van der Waals surface area (Å²) >= 11 is 0. The number of rotatable bonds is 7. The van der Waals surface area contributed by atoms with E-state index in [1.54, 1.807) is 0 Å². The van der Waals surface area contributed by atoms with Crippen molar-refractivity contribution in [1.82, 2.24) is 20.4 Å². The van der Waals surface area contributed by atoms with Gasteiger partial charge in [0.15, 0.2) is 5.82 Å². The molecule has 130 valence electrons. The number of nitrogens with zero attached hydrogens (tertiary/aromatic N) is 3. The summed E-state index contributed by atoms with van der Waals surface area (Å²) in [5, 5.41) is 7.66. The molecular formula is C17H30N4O2. The lowest BCUT2D eigenvalue weighted by atomic mass is 9.89. The fourth-order valence-corrected chi connectivity index (χ4v) is 3.28. The molecule has 1 N–H and O–H groups in total. The van der Waals surface area contributed by atoms with Crippen LogP contribution in [0, 0.1) is 5.92 Å². The zero-order valence-electron chi connectivity index (χ0n) is 14.8. The summed E-state index contributed by atoms with van der Waals surface area (Å²) in [5.41, 5.74) is 0. The van der Waals surface area contributed by atoms with Gasteiger partial charge in [-0.2, -0.15) is 4.98 Å². The maximum absolute atomic E-state index is 11.9. The van der Waals surface area contributed by atoms with Gasteiger partial charge in [-0.25, -0.2) is 0 Å². The molecule has 1 fully saturated rings.